The van der Waals surface area contributed by atoms with Crippen molar-refractivity contribution in [2.75, 3.05) is 11.4 Å². The molecule has 27 heavy (non-hydrogen) atoms. The lowest BCUT2D eigenvalue weighted by atomic mass is 10.1. The van der Waals surface area contributed by atoms with Gasteiger partial charge in [-0.15, -0.1) is 11.3 Å². The van der Waals surface area contributed by atoms with Crippen LogP contribution in [0, 0.1) is 6.92 Å². The molecule has 0 aliphatic carbocycles. The molecule has 3 rings (SSSR count). The lowest BCUT2D eigenvalue weighted by Crippen LogP contribution is -2.27. The molecule has 2 amide bonds. The van der Waals surface area contributed by atoms with Crippen molar-refractivity contribution < 1.29 is 23.1 Å². The topological polar surface area (TPSA) is 58.6 Å². The van der Waals surface area contributed by atoms with E-state index >= 15 is 0 Å². The van der Waals surface area contributed by atoms with E-state index in [0.29, 0.717) is 17.8 Å². The molecule has 1 unspecified atom stereocenters. The molecule has 1 aliphatic rings. The maximum atomic E-state index is 12.5. The van der Waals surface area contributed by atoms with E-state index in [2.05, 4.69) is 10.1 Å². The van der Waals surface area contributed by atoms with Crippen LogP contribution in [0.15, 0.2) is 30.3 Å². The summed E-state index contributed by atoms with van der Waals surface area (Å²) in [4.78, 5) is 27.0. The van der Waals surface area contributed by atoms with Crippen LogP contribution in [0.1, 0.15) is 45.9 Å². The number of nitrogens with one attached hydrogen (secondary N) is 1. The average Bonchev–Trinajstić information content (AvgIpc) is 3.20. The first-order chi connectivity index (χ1) is 12.8. The van der Waals surface area contributed by atoms with E-state index in [0.717, 1.165) is 29.0 Å². The Bertz CT molecular complexity index is 853. The SMILES string of the molecule is Cc1cc(OC(F)F)c(C(=O)NC(C)c2cccc(N3CCCC3=O)c2)s1. The minimum absolute atomic E-state index is 0.0895. The average molecular weight is 394 g/mol. The summed E-state index contributed by atoms with van der Waals surface area (Å²) in [5.74, 6) is -0.501. The van der Waals surface area contributed by atoms with Crippen molar-refractivity contribution in [3.05, 3.63) is 45.6 Å². The molecule has 144 valence electrons. The zero-order valence-electron chi connectivity index (χ0n) is 15.0. The molecule has 1 saturated heterocycles. The summed E-state index contributed by atoms with van der Waals surface area (Å²) in [6.07, 6.45) is 1.38. The summed E-state index contributed by atoms with van der Waals surface area (Å²) in [5, 5.41) is 2.81. The Labute approximate surface area is 159 Å². The molecule has 2 heterocycles. The molecule has 1 atom stereocenters. The second kappa shape index (κ2) is 8.04. The molecule has 1 aromatic heterocycles. The van der Waals surface area contributed by atoms with Crippen LogP contribution in [-0.4, -0.2) is 25.0 Å². The van der Waals surface area contributed by atoms with Crippen molar-refractivity contribution in [3.8, 4) is 5.75 Å². The van der Waals surface area contributed by atoms with E-state index < -0.39 is 12.5 Å². The Morgan fingerprint density at radius 3 is 2.78 bits per heavy atom. The Hall–Kier alpha value is -2.48. The van der Waals surface area contributed by atoms with E-state index in [4.69, 9.17) is 0 Å². The number of carbonyl (C=O) groups excluding carboxylic acids is 2. The van der Waals surface area contributed by atoms with Crippen LogP contribution in [0.4, 0.5) is 14.5 Å². The number of ether oxygens (including phenoxy) is 1. The zero-order valence-corrected chi connectivity index (χ0v) is 15.8. The number of amides is 2. The summed E-state index contributed by atoms with van der Waals surface area (Å²) in [6, 6.07) is 8.47. The summed E-state index contributed by atoms with van der Waals surface area (Å²) in [6.45, 7) is 1.22. The van der Waals surface area contributed by atoms with Gasteiger partial charge in [0.25, 0.3) is 5.91 Å². The standard InChI is InChI=1S/C19H20F2N2O3S/c1-11-9-15(26-19(20)21)17(27-11)18(25)22-12(2)13-5-3-6-14(10-13)23-8-4-7-16(23)24/h3,5-6,9-10,12,19H,4,7-8H2,1-2H3,(H,22,25). The van der Waals surface area contributed by atoms with E-state index in [1.165, 1.54) is 6.07 Å². The van der Waals surface area contributed by atoms with Crippen LogP contribution in [0.2, 0.25) is 0 Å². The first-order valence-corrected chi connectivity index (χ1v) is 9.43. The highest BCUT2D eigenvalue weighted by molar-refractivity contribution is 7.14. The van der Waals surface area contributed by atoms with Gasteiger partial charge in [0.15, 0.2) is 0 Å². The van der Waals surface area contributed by atoms with Crippen molar-refractivity contribution in [1.82, 2.24) is 5.32 Å². The molecule has 8 heteroatoms. The first-order valence-electron chi connectivity index (χ1n) is 8.61. The van der Waals surface area contributed by atoms with Gasteiger partial charge in [-0.1, -0.05) is 12.1 Å². The number of aryl methyl sites for hydroxylation is 1. The zero-order chi connectivity index (χ0) is 19.6. The minimum Gasteiger partial charge on any atom is -0.433 e. The highest BCUT2D eigenvalue weighted by Crippen LogP contribution is 2.31. The number of alkyl halides is 2. The fourth-order valence-corrected chi connectivity index (χ4v) is 3.91. The van der Waals surface area contributed by atoms with Gasteiger partial charge in [-0.2, -0.15) is 8.78 Å². The van der Waals surface area contributed by atoms with Crippen molar-refractivity contribution in [2.45, 2.75) is 39.3 Å². The lowest BCUT2D eigenvalue weighted by Gasteiger charge is -2.19. The number of thiophene rings is 1. The number of halogens is 2. The number of hydrogen-bond acceptors (Lipinski definition) is 4. The summed E-state index contributed by atoms with van der Waals surface area (Å²) in [7, 11) is 0. The van der Waals surface area contributed by atoms with Crippen LogP contribution in [0.3, 0.4) is 0 Å². The second-order valence-electron chi connectivity index (χ2n) is 6.37. The van der Waals surface area contributed by atoms with Gasteiger partial charge < -0.3 is 15.0 Å². The van der Waals surface area contributed by atoms with Crippen molar-refractivity contribution in [1.29, 1.82) is 0 Å². The van der Waals surface area contributed by atoms with E-state index in [-0.39, 0.29) is 22.6 Å². The van der Waals surface area contributed by atoms with Crippen LogP contribution >= 0.6 is 11.3 Å². The Kier molecular flexibility index (Phi) is 5.74. The highest BCUT2D eigenvalue weighted by Gasteiger charge is 2.24. The largest absolute Gasteiger partial charge is 0.433 e. The van der Waals surface area contributed by atoms with Crippen LogP contribution in [0.5, 0.6) is 5.75 Å². The predicted molar refractivity (Wildman–Crippen MR) is 99.6 cm³/mol. The van der Waals surface area contributed by atoms with Crippen molar-refractivity contribution >= 4 is 28.8 Å². The number of hydrogen-bond donors (Lipinski definition) is 1. The van der Waals surface area contributed by atoms with Crippen molar-refractivity contribution in [2.24, 2.45) is 0 Å². The molecular formula is C19H20F2N2O3S. The van der Waals surface area contributed by atoms with E-state index in [1.54, 1.807) is 18.7 Å². The second-order valence-corrected chi connectivity index (χ2v) is 7.62. The van der Waals surface area contributed by atoms with Gasteiger partial charge in [0.05, 0.1) is 6.04 Å². The van der Waals surface area contributed by atoms with Crippen LogP contribution in [0.25, 0.3) is 0 Å². The number of benzene rings is 1. The molecule has 1 fully saturated rings. The summed E-state index contributed by atoms with van der Waals surface area (Å²) < 4.78 is 29.5. The Balaban J connectivity index is 1.75. The quantitative estimate of drug-likeness (QED) is 0.796. The third kappa shape index (κ3) is 4.44. The van der Waals surface area contributed by atoms with Gasteiger partial charge >= 0.3 is 6.61 Å². The van der Waals surface area contributed by atoms with Gasteiger partial charge in [0.2, 0.25) is 5.91 Å². The maximum Gasteiger partial charge on any atom is 0.387 e. The van der Waals surface area contributed by atoms with Gasteiger partial charge in [0.1, 0.15) is 10.6 Å². The number of carbonyl (C=O) groups is 2. The smallest absolute Gasteiger partial charge is 0.387 e. The minimum atomic E-state index is -2.99. The number of nitrogens with zero attached hydrogens (tertiary/aromatic N) is 1. The molecule has 0 saturated carbocycles. The Morgan fingerprint density at radius 1 is 1.33 bits per heavy atom. The maximum absolute atomic E-state index is 12.5. The predicted octanol–water partition coefficient (Wildman–Crippen LogP) is 4.28. The first kappa shape index (κ1) is 19.3. The fraction of sp³-hybridized carbons (Fsp3) is 0.368. The molecule has 1 aliphatic heterocycles. The van der Waals surface area contributed by atoms with Crippen LogP contribution < -0.4 is 15.0 Å². The summed E-state index contributed by atoms with van der Waals surface area (Å²) in [5.41, 5.74) is 1.62. The molecule has 5 nitrogen and oxygen atoms in total. The molecular weight excluding hydrogens is 374 g/mol. The number of rotatable bonds is 6. The van der Waals surface area contributed by atoms with E-state index in [9.17, 15) is 18.4 Å². The van der Waals surface area contributed by atoms with Gasteiger partial charge in [-0.05, 0) is 44.0 Å². The van der Waals surface area contributed by atoms with E-state index in [1.807, 2.05) is 24.3 Å². The third-order valence-corrected chi connectivity index (χ3v) is 5.38. The molecule has 2 aromatic rings. The van der Waals surface area contributed by atoms with Gasteiger partial charge in [-0.3, -0.25) is 9.59 Å². The molecule has 0 spiro atoms. The van der Waals surface area contributed by atoms with Crippen molar-refractivity contribution in [3.63, 3.8) is 0 Å². The molecule has 0 radical (unpaired) electrons. The van der Waals surface area contributed by atoms with Gasteiger partial charge in [-0.25, -0.2) is 0 Å². The van der Waals surface area contributed by atoms with Crippen LogP contribution in [-0.2, 0) is 4.79 Å². The lowest BCUT2D eigenvalue weighted by molar-refractivity contribution is -0.117. The molecule has 1 N–H and O–H groups in total. The third-order valence-electron chi connectivity index (χ3n) is 4.35. The Morgan fingerprint density at radius 2 is 2.11 bits per heavy atom. The molecule has 1 aromatic carbocycles. The normalized spacial score (nSPS) is 15.3. The van der Waals surface area contributed by atoms with Gasteiger partial charge in [0, 0.05) is 23.5 Å². The number of anilines is 1. The highest BCUT2D eigenvalue weighted by atomic mass is 32.1. The molecule has 0 bridgehead atoms. The fourth-order valence-electron chi connectivity index (χ4n) is 3.06. The summed E-state index contributed by atoms with van der Waals surface area (Å²) >= 11 is 1.10. The monoisotopic (exact) mass is 394 g/mol.